The first-order valence-corrected chi connectivity index (χ1v) is 11.3. The van der Waals surface area contributed by atoms with E-state index in [4.69, 9.17) is 4.42 Å². The number of hydrogen-bond donors (Lipinski definition) is 0. The average molecular weight is 425 g/mol. The number of hydrogen-bond acceptors (Lipinski definition) is 3. The van der Waals surface area contributed by atoms with Crippen molar-refractivity contribution in [3.05, 3.63) is 58.8 Å². The number of fused-ring (bicyclic) bond motifs is 4. The average Bonchev–Trinajstić information content (AvgIpc) is 3.08. The largest absolute Gasteiger partial charge is 0.466 e. The number of aryl methyl sites for hydroxylation is 2. The Morgan fingerprint density at radius 3 is 2.74 bits per heavy atom. The van der Waals surface area contributed by atoms with Crippen LogP contribution in [-0.4, -0.2) is 46.8 Å². The van der Waals surface area contributed by atoms with Crippen LogP contribution >= 0.6 is 0 Å². The van der Waals surface area contributed by atoms with Crippen LogP contribution in [0.3, 0.4) is 0 Å². The van der Waals surface area contributed by atoms with Crippen LogP contribution in [0.4, 0.5) is 4.39 Å². The van der Waals surface area contributed by atoms with Crippen molar-refractivity contribution in [1.29, 1.82) is 0 Å². The van der Waals surface area contributed by atoms with Gasteiger partial charge in [0.05, 0.1) is 5.56 Å². The van der Waals surface area contributed by atoms with E-state index in [9.17, 15) is 14.0 Å². The summed E-state index contributed by atoms with van der Waals surface area (Å²) in [7, 11) is 0. The van der Waals surface area contributed by atoms with E-state index in [1.54, 1.807) is 12.1 Å². The highest BCUT2D eigenvalue weighted by atomic mass is 19.1. The van der Waals surface area contributed by atoms with Crippen LogP contribution < -0.4 is 0 Å². The lowest BCUT2D eigenvalue weighted by Gasteiger charge is -2.56. The van der Waals surface area contributed by atoms with E-state index in [2.05, 4.69) is 4.90 Å². The highest BCUT2D eigenvalue weighted by Gasteiger charge is 2.50. The second kappa shape index (κ2) is 7.81. The van der Waals surface area contributed by atoms with Crippen molar-refractivity contribution in [3.8, 4) is 0 Å². The molecule has 5 rings (SSSR count). The normalized spacial score (nSPS) is 27.9. The third-order valence-electron chi connectivity index (χ3n) is 7.39. The number of carbonyl (C=O) groups excluding carboxylic acids is 2. The summed E-state index contributed by atoms with van der Waals surface area (Å²) >= 11 is 0. The lowest BCUT2D eigenvalue weighted by atomic mass is 9.70. The lowest BCUT2D eigenvalue weighted by molar-refractivity contribution is -0.151. The van der Waals surface area contributed by atoms with E-state index in [1.807, 2.05) is 30.9 Å². The zero-order chi connectivity index (χ0) is 21.7. The van der Waals surface area contributed by atoms with E-state index in [0.29, 0.717) is 43.2 Å². The smallest absolute Gasteiger partial charge is 0.257 e. The van der Waals surface area contributed by atoms with Gasteiger partial charge in [-0.15, -0.1) is 0 Å². The van der Waals surface area contributed by atoms with Gasteiger partial charge in [0.2, 0.25) is 5.91 Å². The highest BCUT2D eigenvalue weighted by Crippen LogP contribution is 2.43. The maximum absolute atomic E-state index is 13.8. The van der Waals surface area contributed by atoms with Gasteiger partial charge in [-0.05, 0) is 75.1 Å². The fraction of sp³-hybridized carbons (Fsp3) is 0.520. The molecule has 4 atom stereocenters. The van der Waals surface area contributed by atoms with Crippen molar-refractivity contribution in [2.75, 3.05) is 13.1 Å². The van der Waals surface area contributed by atoms with Crippen LogP contribution in [0.2, 0.25) is 0 Å². The van der Waals surface area contributed by atoms with Crippen molar-refractivity contribution in [3.63, 3.8) is 0 Å². The molecule has 2 amide bonds. The van der Waals surface area contributed by atoms with Crippen molar-refractivity contribution >= 4 is 11.8 Å². The molecular formula is C25H29FN2O3. The molecule has 3 saturated heterocycles. The Balaban J connectivity index is 1.45. The maximum Gasteiger partial charge on any atom is 0.257 e. The summed E-state index contributed by atoms with van der Waals surface area (Å²) in [4.78, 5) is 30.4. The Hall–Kier alpha value is -2.63. The zero-order valence-electron chi connectivity index (χ0n) is 18.1. The Morgan fingerprint density at radius 1 is 1.19 bits per heavy atom. The summed E-state index contributed by atoms with van der Waals surface area (Å²) in [5.41, 5.74) is 1.54. The third kappa shape index (κ3) is 3.66. The van der Waals surface area contributed by atoms with Crippen LogP contribution in [0, 0.1) is 31.5 Å². The summed E-state index contributed by atoms with van der Waals surface area (Å²) in [5, 5.41) is 0. The minimum absolute atomic E-state index is 0.00127. The number of rotatable bonds is 3. The van der Waals surface area contributed by atoms with Crippen LogP contribution in [0.15, 0.2) is 34.7 Å². The second-order valence-electron chi connectivity index (χ2n) is 9.45. The van der Waals surface area contributed by atoms with Crippen LogP contribution in [0.5, 0.6) is 0 Å². The van der Waals surface area contributed by atoms with Gasteiger partial charge >= 0.3 is 0 Å². The van der Waals surface area contributed by atoms with Crippen molar-refractivity contribution in [2.24, 2.45) is 11.8 Å². The van der Waals surface area contributed by atoms with E-state index >= 15 is 0 Å². The minimum Gasteiger partial charge on any atom is -0.466 e. The standard InChI is InChI=1S/C25H29FN2O3/c1-15-9-21(16(2)31-15)25(30)27-13-18-12-19(14-27)23(11-17-5-3-6-20(26)10-17)28-22(18)7-4-8-24(28)29/h3,5-6,9-10,18-19,22-23H,4,7-8,11-14H2,1-2H3/t18-,19+,22+,23+/m1/s1. The van der Waals surface area contributed by atoms with Gasteiger partial charge in [0, 0.05) is 31.6 Å². The predicted octanol–water partition coefficient (Wildman–Crippen LogP) is 4.12. The molecule has 0 spiro atoms. The molecule has 2 aromatic rings. The Morgan fingerprint density at radius 2 is 2.00 bits per heavy atom. The molecule has 1 aromatic carbocycles. The number of nitrogens with zero attached hydrogens (tertiary/aromatic N) is 2. The van der Waals surface area contributed by atoms with Gasteiger partial charge in [0.1, 0.15) is 17.3 Å². The molecule has 164 valence electrons. The molecule has 0 unspecified atom stereocenters. The molecule has 3 aliphatic rings. The molecule has 3 aliphatic heterocycles. The molecular weight excluding hydrogens is 395 g/mol. The molecule has 1 aromatic heterocycles. The van der Waals surface area contributed by atoms with Gasteiger partial charge in [0.15, 0.2) is 0 Å². The molecule has 0 N–H and O–H groups in total. The fourth-order valence-electron chi connectivity index (χ4n) is 6.12. The molecule has 31 heavy (non-hydrogen) atoms. The molecule has 2 bridgehead atoms. The fourth-order valence-corrected chi connectivity index (χ4v) is 6.12. The Bertz CT molecular complexity index is 1020. The zero-order valence-corrected chi connectivity index (χ0v) is 18.1. The molecule has 5 nitrogen and oxygen atoms in total. The van der Waals surface area contributed by atoms with Crippen LogP contribution in [0.1, 0.15) is 53.1 Å². The lowest BCUT2D eigenvalue weighted by Crippen LogP contribution is -2.66. The van der Waals surface area contributed by atoms with Gasteiger partial charge < -0.3 is 14.2 Å². The summed E-state index contributed by atoms with van der Waals surface area (Å²) in [6.07, 6.45) is 4.12. The summed E-state index contributed by atoms with van der Waals surface area (Å²) in [6, 6.07) is 8.67. The van der Waals surface area contributed by atoms with Crippen molar-refractivity contribution < 1.29 is 18.4 Å². The van der Waals surface area contributed by atoms with E-state index in [1.165, 1.54) is 6.07 Å². The van der Waals surface area contributed by atoms with Crippen molar-refractivity contribution in [2.45, 2.75) is 58.0 Å². The molecule has 4 heterocycles. The van der Waals surface area contributed by atoms with Gasteiger partial charge in [-0.3, -0.25) is 9.59 Å². The monoisotopic (exact) mass is 424 g/mol. The minimum atomic E-state index is -0.251. The highest BCUT2D eigenvalue weighted by molar-refractivity contribution is 5.95. The van der Waals surface area contributed by atoms with Gasteiger partial charge in [-0.25, -0.2) is 4.39 Å². The van der Waals surface area contributed by atoms with E-state index in [-0.39, 0.29) is 35.6 Å². The number of furan rings is 1. The Labute approximate surface area is 182 Å². The number of halogens is 1. The first kappa shape index (κ1) is 20.3. The van der Waals surface area contributed by atoms with Crippen molar-refractivity contribution in [1.82, 2.24) is 9.80 Å². The van der Waals surface area contributed by atoms with Gasteiger partial charge in [-0.2, -0.15) is 0 Å². The molecule has 6 heteroatoms. The van der Waals surface area contributed by atoms with E-state index in [0.717, 1.165) is 30.6 Å². The quantitative estimate of drug-likeness (QED) is 0.745. The molecule has 0 radical (unpaired) electrons. The van der Waals surface area contributed by atoms with Crippen LogP contribution in [-0.2, 0) is 11.2 Å². The maximum atomic E-state index is 13.8. The second-order valence-corrected chi connectivity index (χ2v) is 9.45. The predicted molar refractivity (Wildman–Crippen MR) is 114 cm³/mol. The number of benzene rings is 1. The number of carbonyl (C=O) groups is 2. The molecule has 3 fully saturated rings. The summed E-state index contributed by atoms with van der Waals surface area (Å²) in [5.74, 6) is 1.87. The topological polar surface area (TPSA) is 53.8 Å². The van der Waals surface area contributed by atoms with E-state index < -0.39 is 0 Å². The van der Waals surface area contributed by atoms with Gasteiger partial charge in [0.25, 0.3) is 5.91 Å². The molecule has 0 aliphatic carbocycles. The first-order valence-electron chi connectivity index (χ1n) is 11.3. The molecule has 0 saturated carbocycles. The SMILES string of the molecule is Cc1cc(C(=O)N2C[C@H]3C[C@@H](C2)[C@H](Cc2cccc(F)c2)N2C(=O)CCC[C@@H]32)c(C)o1. The number of likely N-dealkylation sites (tertiary alicyclic amines) is 1. The summed E-state index contributed by atoms with van der Waals surface area (Å²) in [6.45, 7) is 4.99. The summed E-state index contributed by atoms with van der Waals surface area (Å²) < 4.78 is 19.4. The number of amides is 2. The first-order chi connectivity index (χ1) is 14.9. The van der Waals surface area contributed by atoms with Crippen LogP contribution in [0.25, 0.3) is 0 Å². The Kier molecular flexibility index (Phi) is 5.11. The third-order valence-corrected chi connectivity index (χ3v) is 7.39. The number of piperidine rings is 3. The van der Waals surface area contributed by atoms with Gasteiger partial charge in [-0.1, -0.05) is 12.1 Å².